The normalized spacial score (nSPS) is 10.6. The zero-order chi connectivity index (χ0) is 14.7. The molecule has 0 aliphatic carbocycles. The van der Waals surface area contributed by atoms with Gasteiger partial charge in [-0.25, -0.2) is 8.78 Å². The van der Waals surface area contributed by atoms with Gasteiger partial charge in [-0.1, -0.05) is 18.2 Å². The summed E-state index contributed by atoms with van der Waals surface area (Å²) < 4.78 is 28.0. The molecule has 0 amide bonds. The van der Waals surface area contributed by atoms with Crippen LogP contribution in [0.2, 0.25) is 0 Å². The van der Waals surface area contributed by atoms with Crippen molar-refractivity contribution < 1.29 is 13.6 Å². The van der Waals surface area contributed by atoms with Crippen LogP contribution in [0.25, 0.3) is 0 Å². The first kappa shape index (κ1) is 15.2. The third-order valence-electron chi connectivity index (χ3n) is 2.77. The lowest BCUT2D eigenvalue weighted by molar-refractivity contribution is 0.101. The predicted molar refractivity (Wildman–Crippen MR) is 80.3 cm³/mol. The monoisotopic (exact) mass is 356 g/mol. The lowest BCUT2D eigenvalue weighted by Gasteiger charge is -2.06. The number of aryl methyl sites for hydroxylation is 1. The van der Waals surface area contributed by atoms with Crippen LogP contribution in [-0.4, -0.2) is 11.5 Å². The van der Waals surface area contributed by atoms with Crippen LogP contribution in [0.5, 0.6) is 0 Å². The van der Waals surface area contributed by atoms with Gasteiger partial charge >= 0.3 is 0 Å². The van der Waals surface area contributed by atoms with Crippen molar-refractivity contribution in [3.63, 3.8) is 0 Å². The van der Waals surface area contributed by atoms with Crippen molar-refractivity contribution in [3.05, 3.63) is 63.6 Å². The SMILES string of the molecule is Cc1ccc(C(=O)CSc2ccccc2Br)c(F)c1F. The molecule has 0 fully saturated rings. The number of benzene rings is 2. The van der Waals surface area contributed by atoms with Crippen LogP contribution in [-0.2, 0) is 0 Å². The van der Waals surface area contributed by atoms with Gasteiger partial charge in [-0.05, 0) is 46.6 Å². The molecular formula is C15H11BrF2OS. The standard InChI is InChI=1S/C15H11BrF2OS/c1-9-6-7-10(15(18)14(9)17)12(19)8-20-13-5-3-2-4-11(13)16/h2-7H,8H2,1H3. The molecule has 2 rings (SSSR count). The molecule has 0 spiro atoms. The second kappa shape index (κ2) is 6.50. The summed E-state index contributed by atoms with van der Waals surface area (Å²) in [5.41, 5.74) is -0.00911. The topological polar surface area (TPSA) is 17.1 Å². The van der Waals surface area contributed by atoms with Gasteiger partial charge in [0.05, 0.1) is 11.3 Å². The molecule has 104 valence electrons. The molecule has 0 bridgehead atoms. The Morgan fingerprint density at radius 1 is 1.15 bits per heavy atom. The van der Waals surface area contributed by atoms with E-state index in [0.29, 0.717) is 0 Å². The van der Waals surface area contributed by atoms with Gasteiger partial charge in [0.2, 0.25) is 0 Å². The summed E-state index contributed by atoms with van der Waals surface area (Å²) >= 11 is 4.66. The Hall–Kier alpha value is -1.20. The molecule has 0 unspecified atom stereocenters. The Labute approximate surface area is 128 Å². The Bertz CT molecular complexity index is 658. The predicted octanol–water partition coefficient (Wildman–Crippen LogP) is 5.01. The highest BCUT2D eigenvalue weighted by atomic mass is 79.9. The Balaban J connectivity index is 2.14. The first-order valence-corrected chi connectivity index (χ1v) is 7.63. The number of carbonyl (C=O) groups is 1. The van der Waals surface area contributed by atoms with E-state index in [9.17, 15) is 13.6 Å². The largest absolute Gasteiger partial charge is 0.293 e. The Morgan fingerprint density at radius 2 is 1.85 bits per heavy atom. The van der Waals surface area contributed by atoms with E-state index in [2.05, 4.69) is 15.9 Å². The van der Waals surface area contributed by atoms with Gasteiger partial charge < -0.3 is 0 Å². The maximum Gasteiger partial charge on any atom is 0.176 e. The number of hydrogen-bond acceptors (Lipinski definition) is 2. The molecule has 0 atom stereocenters. The number of thioether (sulfide) groups is 1. The third kappa shape index (κ3) is 3.27. The minimum Gasteiger partial charge on any atom is -0.293 e. The first-order chi connectivity index (χ1) is 9.50. The molecular weight excluding hydrogens is 346 g/mol. The van der Waals surface area contributed by atoms with Crippen LogP contribution >= 0.6 is 27.7 Å². The maximum absolute atomic E-state index is 13.7. The fraction of sp³-hybridized carbons (Fsp3) is 0.133. The summed E-state index contributed by atoms with van der Waals surface area (Å²) in [7, 11) is 0. The highest BCUT2D eigenvalue weighted by Gasteiger charge is 2.17. The Kier molecular flexibility index (Phi) is 4.94. The number of Topliss-reactive ketones (excluding diaryl/α,β-unsaturated/α-hetero) is 1. The highest BCUT2D eigenvalue weighted by molar-refractivity contribution is 9.10. The van der Waals surface area contributed by atoms with E-state index in [4.69, 9.17) is 0 Å². The third-order valence-corrected chi connectivity index (χ3v) is 4.80. The van der Waals surface area contributed by atoms with Crippen molar-refractivity contribution in [1.29, 1.82) is 0 Å². The zero-order valence-electron chi connectivity index (χ0n) is 10.6. The summed E-state index contributed by atoms with van der Waals surface area (Å²) in [6.07, 6.45) is 0. The molecule has 0 saturated heterocycles. The summed E-state index contributed by atoms with van der Waals surface area (Å²) in [5.74, 6) is -2.39. The molecule has 0 N–H and O–H groups in total. The van der Waals surface area contributed by atoms with Gasteiger partial charge in [0, 0.05) is 9.37 Å². The minimum atomic E-state index is -1.07. The van der Waals surface area contributed by atoms with Crippen molar-refractivity contribution in [3.8, 4) is 0 Å². The number of carbonyl (C=O) groups excluding carboxylic acids is 1. The first-order valence-electron chi connectivity index (χ1n) is 5.86. The lowest BCUT2D eigenvalue weighted by atomic mass is 10.1. The smallest absolute Gasteiger partial charge is 0.176 e. The van der Waals surface area contributed by atoms with Crippen LogP contribution in [0.1, 0.15) is 15.9 Å². The fourth-order valence-corrected chi connectivity index (χ4v) is 3.10. The van der Waals surface area contributed by atoms with E-state index in [1.165, 1.54) is 30.8 Å². The van der Waals surface area contributed by atoms with E-state index in [-0.39, 0.29) is 16.9 Å². The molecule has 0 heterocycles. The lowest BCUT2D eigenvalue weighted by Crippen LogP contribution is -2.07. The average Bonchev–Trinajstić information content (AvgIpc) is 2.44. The van der Waals surface area contributed by atoms with Gasteiger partial charge in [0.25, 0.3) is 0 Å². The number of hydrogen-bond donors (Lipinski definition) is 0. The second-order valence-corrected chi connectivity index (χ2v) is 6.07. The number of ketones is 1. The van der Waals surface area contributed by atoms with Gasteiger partial charge in [-0.2, -0.15) is 0 Å². The maximum atomic E-state index is 13.7. The van der Waals surface area contributed by atoms with Crippen LogP contribution in [0.4, 0.5) is 8.78 Å². The molecule has 20 heavy (non-hydrogen) atoms. The molecule has 0 aromatic heterocycles. The summed E-state index contributed by atoms with van der Waals surface area (Å²) in [5, 5.41) is 0. The van der Waals surface area contributed by atoms with E-state index in [0.717, 1.165) is 9.37 Å². The molecule has 5 heteroatoms. The fourth-order valence-electron chi connectivity index (χ4n) is 1.64. The molecule has 0 saturated carbocycles. The summed E-state index contributed by atoms with van der Waals surface area (Å²) in [6.45, 7) is 1.46. The summed E-state index contributed by atoms with van der Waals surface area (Å²) in [4.78, 5) is 12.9. The van der Waals surface area contributed by atoms with E-state index in [1.807, 2.05) is 24.3 Å². The van der Waals surface area contributed by atoms with Gasteiger partial charge in [-0.15, -0.1) is 11.8 Å². The number of halogens is 3. The molecule has 1 nitrogen and oxygen atoms in total. The van der Waals surface area contributed by atoms with Crippen LogP contribution in [0.3, 0.4) is 0 Å². The second-order valence-electron chi connectivity index (χ2n) is 4.20. The molecule has 0 aliphatic rings. The molecule has 2 aromatic carbocycles. The van der Waals surface area contributed by atoms with Crippen molar-refractivity contribution >= 4 is 33.5 Å². The number of rotatable bonds is 4. The van der Waals surface area contributed by atoms with Gasteiger partial charge in [0.1, 0.15) is 0 Å². The van der Waals surface area contributed by atoms with Gasteiger partial charge in [0.15, 0.2) is 17.4 Å². The van der Waals surface area contributed by atoms with E-state index in [1.54, 1.807) is 0 Å². The summed E-state index contributed by atoms with van der Waals surface area (Å²) in [6, 6.07) is 10.2. The van der Waals surface area contributed by atoms with E-state index < -0.39 is 17.4 Å². The van der Waals surface area contributed by atoms with Crippen LogP contribution in [0.15, 0.2) is 45.8 Å². The van der Waals surface area contributed by atoms with Crippen molar-refractivity contribution in [2.75, 3.05) is 5.75 Å². The Morgan fingerprint density at radius 3 is 2.55 bits per heavy atom. The van der Waals surface area contributed by atoms with Crippen LogP contribution in [0, 0.1) is 18.6 Å². The zero-order valence-corrected chi connectivity index (χ0v) is 13.0. The van der Waals surface area contributed by atoms with Crippen LogP contribution < -0.4 is 0 Å². The molecule has 2 aromatic rings. The quantitative estimate of drug-likeness (QED) is 0.565. The van der Waals surface area contributed by atoms with E-state index >= 15 is 0 Å². The van der Waals surface area contributed by atoms with Gasteiger partial charge in [-0.3, -0.25) is 4.79 Å². The molecule has 0 radical (unpaired) electrons. The average molecular weight is 357 g/mol. The van der Waals surface area contributed by atoms with Crippen molar-refractivity contribution in [1.82, 2.24) is 0 Å². The van der Waals surface area contributed by atoms with Crippen molar-refractivity contribution in [2.24, 2.45) is 0 Å². The minimum absolute atomic E-state index is 0.0576. The molecule has 0 aliphatic heterocycles. The van der Waals surface area contributed by atoms with Crippen molar-refractivity contribution in [2.45, 2.75) is 11.8 Å². The highest BCUT2D eigenvalue weighted by Crippen LogP contribution is 2.28.